The fourth-order valence-corrected chi connectivity index (χ4v) is 2.71. The number of hydrogen-bond donors (Lipinski definition) is 3. The van der Waals surface area contributed by atoms with E-state index in [4.69, 9.17) is 4.74 Å². The molecule has 1 saturated heterocycles. The number of rotatable bonds is 5. The van der Waals surface area contributed by atoms with Gasteiger partial charge in [-0.2, -0.15) is 0 Å². The highest BCUT2D eigenvalue weighted by molar-refractivity contribution is 5.80. The van der Waals surface area contributed by atoms with Crippen LogP contribution in [0.5, 0.6) is 0 Å². The monoisotopic (exact) mass is 270 g/mol. The first-order valence-electron chi connectivity index (χ1n) is 6.73. The molecule has 2 aliphatic rings. The van der Waals surface area contributed by atoms with Gasteiger partial charge in [-0.1, -0.05) is 6.42 Å². The van der Waals surface area contributed by atoms with Crippen LogP contribution in [0.15, 0.2) is 0 Å². The van der Waals surface area contributed by atoms with Gasteiger partial charge in [-0.25, -0.2) is 0 Å². The van der Waals surface area contributed by atoms with Crippen molar-refractivity contribution < 1.29 is 19.4 Å². The first kappa shape index (κ1) is 14.3. The molecular weight excluding hydrogens is 248 g/mol. The Balaban J connectivity index is 1.83. The summed E-state index contributed by atoms with van der Waals surface area (Å²) in [5, 5.41) is 15.2. The Kier molecular flexibility index (Phi) is 3.82. The molecule has 2 atom stereocenters. The molecule has 6 heteroatoms. The fourth-order valence-electron chi connectivity index (χ4n) is 2.71. The van der Waals surface area contributed by atoms with E-state index in [0.717, 1.165) is 19.5 Å². The van der Waals surface area contributed by atoms with Crippen LogP contribution in [-0.2, 0) is 14.3 Å². The molecular formula is C13H22N2O4. The molecule has 1 aliphatic carbocycles. The molecule has 1 amide bonds. The van der Waals surface area contributed by atoms with Crippen LogP contribution >= 0.6 is 0 Å². The van der Waals surface area contributed by atoms with Crippen molar-refractivity contribution >= 4 is 11.9 Å². The van der Waals surface area contributed by atoms with Crippen LogP contribution in [0.1, 0.15) is 33.1 Å². The summed E-state index contributed by atoms with van der Waals surface area (Å²) in [5.41, 5.74) is -1.11. The zero-order valence-electron chi connectivity index (χ0n) is 11.5. The summed E-state index contributed by atoms with van der Waals surface area (Å²) in [6.45, 7) is 5.14. The maximum Gasteiger partial charge on any atom is 0.311 e. The number of hydrogen-bond acceptors (Lipinski definition) is 4. The number of carboxylic acids is 1. The van der Waals surface area contributed by atoms with Gasteiger partial charge in [0, 0.05) is 19.1 Å². The van der Waals surface area contributed by atoms with Crippen molar-refractivity contribution in [2.75, 3.05) is 19.7 Å². The van der Waals surface area contributed by atoms with Crippen molar-refractivity contribution in [3.05, 3.63) is 0 Å². The van der Waals surface area contributed by atoms with E-state index in [2.05, 4.69) is 10.6 Å². The van der Waals surface area contributed by atoms with E-state index in [1.54, 1.807) is 6.92 Å². The summed E-state index contributed by atoms with van der Waals surface area (Å²) < 4.78 is 5.54. The normalized spacial score (nSPS) is 32.6. The lowest BCUT2D eigenvalue weighted by Crippen LogP contribution is -2.60. The Morgan fingerprint density at radius 1 is 1.42 bits per heavy atom. The first-order valence-corrected chi connectivity index (χ1v) is 6.73. The number of carbonyl (C=O) groups excluding carboxylic acids is 1. The summed E-state index contributed by atoms with van der Waals surface area (Å²) in [6.07, 6.45) is 2.15. The van der Waals surface area contributed by atoms with Gasteiger partial charge in [0.2, 0.25) is 5.91 Å². The lowest BCUT2D eigenvalue weighted by molar-refractivity contribution is -0.149. The third-order valence-corrected chi connectivity index (χ3v) is 4.33. The fraction of sp³-hybridized carbons (Fsp3) is 0.846. The van der Waals surface area contributed by atoms with E-state index in [1.807, 2.05) is 6.92 Å². The lowest BCUT2D eigenvalue weighted by atomic mass is 9.85. The average Bonchev–Trinajstić information content (AvgIpc) is 2.67. The molecule has 2 rings (SSSR count). The van der Waals surface area contributed by atoms with Gasteiger partial charge in [-0.05, 0) is 26.7 Å². The number of ether oxygens (including phenoxy) is 1. The summed E-state index contributed by atoms with van der Waals surface area (Å²) in [6, 6.07) is -0.298. The molecule has 6 nitrogen and oxygen atoms in total. The third-order valence-electron chi connectivity index (χ3n) is 4.33. The zero-order chi connectivity index (χ0) is 14.1. The maximum atomic E-state index is 11.8. The Morgan fingerprint density at radius 3 is 2.63 bits per heavy atom. The molecule has 2 fully saturated rings. The van der Waals surface area contributed by atoms with Gasteiger partial charge in [0.05, 0.1) is 11.0 Å². The molecule has 0 aromatic carbocycles. The smallest absolute Gasteiger partial charge is 0.311 e. The standard InChI is InChI=1S/C13H22N2O4/c1-12(7-14-8-12)19-6-10(16)15-9-4-3-5-13(9,2)11(17)18/h9,14H,3-8H2,1-2H3,(H,15,16)(H,17,18). The molecule has 0 bridgehead atoms. The van der Waals surface area contributed by atoms with Crippen LogP contribution in [0.4, 0.5) is 0 Å². The molecule has 1 heterocycles. The second kappa shape index (κ2) is 5.09. The molecule has 1 saturated carbocycles. The van der Waals surface area contributed by atoms with E-state index >= 15 is 0 Å². The van der Waals surface area contributed by atoms with Gasteiger partial charge < -0.3 is 20.5 Å². The van der Waals surface area contributed by atoms with Crippen LogP contribution in [0.25, 0.3) is 0 Å². The molecule has 0 spiro atoms. The first-order chi connectivity index (χ1) is 8.86. The lowest BCUT2D eigenvalue weighted by Gasteiger charge is -2.39. The number of aliphatic carboxylic acids is 1. The highest BCUT2D eigenvalue weighted by atomic mass is 16.5. The van der Waals surface area contributed by atoms with Crippen molar-refractivity contribution in [1.29, 1.82) is 0 Å². The molecule has 0 radical (unpaired) electrons. The third kappa shape index (κ3) is 2.90. The van der Waals surface area contributed by atoms with Crippen molar-refractivity contribution in [2.45, 2.75) is 44.8 Å². The quantitative estimate of drug-likeness (QED) is 0.660. The molecule has 0 aromatic heterocycles. The Morgan fingerprint density at radius 2 is 2.11 bits per heavy atom. The molecule has 2 unspecified atom stereocenters. The van der Waals surface area contributed by atoms with E-state index in [1.165, 1.54) is 0 Å². The predicted octanol–water partition coefficient (Wildman–Crippen LogP) is 0.124. The molecule has 19 heavy (non-hydrogen) atoms. The van der Waals surface area contributed by atoms with Gasteiger partial charge in [-0.3, -0.25) is 9.59 Å². The van der Waals surface area contributed by atoms with Crippen molar-refractivity contribution in [2.24, 2.45) is 5.41 Å². The van der Waals surface area contributed by atoms with Gasteiger partial charge in [0.25, 0.3) is 0 Å². The minimum atomic E-state index is -0.850. The van der Waals surface area contributed by atoms with Crippen LogP contribution < -0.4 is 10.6 Å². The Labute approximate surface area is 112 Å². The topological polar surface area (TPSA) is 87.7 Å². The maximum absolute atomic E-state index is 11.8. The second-order valence-corrected chi connectivity index (χ2v) is 6.08. The molecule has 3 N–H and O–H groups in total. The molecule has 1 aliphatic heterocycles. The Hall–Kier alpha value is -1.14. The zero-order valence-corrected chi connectivity index (χ0v) is 11.5. The van der Waals surface area contributed by atoms with E-state index < -0.39 is 11.4 Å². The van der Waals surface area contributed by atoms with Gasteiger partial charge in [-0.15, -0.1) is 0 Å². The molecule has 0 aromatic rings. The number of carboxylic acid groups (broad SMARTS) is 1. The van der Waals surface area contributed by atoms with E-state index in [9.17, 15) is 14.7 Å². The highest BCUT2D eigenvalue weighted by Crippen LogP contribution is 2.38. The minimum absolute atomic E-state index is 0.00954. The summed E-state index contributed by atoms with van der Waals surface area (Å²) in [5.74, 6) is -1.07. The second-order valence-electron chi connectivity index (χ2n) is 6.08. The molecule has 108 valence electrons. The van der Waals surface area contributed by atoms with Crippen molar-refractivity contribution in [3.63, 3.8) is 0 Å². The van der Waals surface area contributed by atoms with Crippen molar-refractivity contribution in [1.82, 2.24) is 10.6 Å². The number of amides is 1. The average molecular weight is 270 g/mol. The summed E-state index contributed by atoms with van der Waals surface area (Å²) >= 11 is 0. The van der Waals surface area contributed by atoms with Gasteiger partial charge >= 0.3 is 5.97 Å². The van der Waals surface area contributed by atoms with E-state index in [-0.39, 0.29) is 24.2 Å². The Bertz CT molecular complexity index is 381. The SMILES string of the molecule is CC1(OCC(=O)NC2CCCC2(C)C(=O)O)CNC1. The summed E-state index contributed by atoms with van der Waals surface area (Å²) in [4.78, 5) is 23.1. The number of carbonyl (C=O) groups is 2. The van der Waals surface area contributed by atoms with Gasteiger partial charge in [0.1, 0.15) is 6.61 Å². The summed E-state index contributed by atoms with van der Waals surface area (Å²) in [7, 11) is 0. The van der Waals surface area contributed by atoms with Crippen molar-refractivity contribution in [3.8, 4) is 0 Å². The van der Waals surface area contributed by atoms with E-state index in [0.29, 0.717) is 12.8 Å². The largest absolute Gasteiger partial charge is 0.481 e. The minimum Gasteiger partial charge on any atom is -0.481 e. The van der Waals surface area contributed by atoms with Crippen LogP contribution in [0.3, 0.4) is 0 Å². The predicted molar refractivity (Wildman–Crippen MR) is 68.8 cm³/mol. The highest BCUT2D eigenvalue weighted by Gasteiger charge is 2.46. The van der Waals surface area contributed by atoms with Crippen LogP contribution in [-0.4, -0.2) is 48.3 Å². The van der Waals surface area contributed by atoms with Gasteiger partial charge in [0.15, 0.2) is 0 Å². The van der Waals surface area contributed by atoms with Crippen LogP contribution in [0.2, 0.25) is 0 Å². The van der Waals surface area contributed by atoms with Crippen LogP contribution in [0, 0.1) is 5.41 Å². The number of nitrogens with one attached hydrogen (secondary N) is 2.